The van der Waals surface area contributed by atoms with Crippen LogP contribution in [0.3, 0.4) is 0 Å². The van der Waals surface area contributed by atoms with Crippen molar-refractivity contribution < 1.29 is 14.5 Å². The number of hydrogen-bond donors (Lipinski definition) is 3. The zero-order chi connectivity index (χ0) is 16.4. The number of nitrogens with zero attached hydrogens (tertiary/aromatic N) is 2. The molecule has 0 fully saturated rings. The van der Waals surface area contributed by atoms with Gasteiger partial charge in [0, 0.05) is 5.56 Å². The number of nitrogen functional groups attached to an aromatic ring is 1. The second-order valence-electron chi connectivity index (χ2n) is 4.87. The van der Waals surface area contributed by atoms with Crippen molar-refractivity contribution in [2.24, 2.45) is 0 Å². The Labute approximate surface area is 132 Å². The molecule has 112 valence electrons. The normalized spacial score (nSPS) is 10.3. The average molecular weight is 305 g/mol. The van der Waals surface area contributed by atoms with Crippen molar-refractivity contribution in [3.8, 4) is 28.7 Å². The van der Waals surface area contributed by atoms with E-state index < -0.39 is 7.12 Å². The van der Waals surface area contributed by atoms with E-state index in [1.54, 1.807) is 42.5 Å². The lowest BCUT2D eigenvalue weighted by molar-refractivity contribution is 0.426. The van der Waals surface area contributed by atoms with E-state index in [2.05, 4.69) is 4.98 Å². The summed E-state index contributed by atoms with van der Waals surface area (Å²) in [5.74, 6) is 0.558. The predicted octanol–water partition coefficient (Wildman–Crippen LogP) is 1.14. The molecule has 3 rings (SSSR count). The van der Waals surface area contributed by atoms with Crippen LogP contribution in [-0.2, 0) is 0 Å². The maximum Gasteiger partial charge on any atom is 0.489 e. The molecule has 6 nitrogen and oxygen atoms in total. The van der Waals surface area contributed by atoms with Crippen molar-refractivity contribution >= 4 is 18.4 Å². The molecule has 2 aromatic heterocycles. The summed E-state index contributed by atoms with van der Waals surface area (Å²) < 4.78 is 5.32. The molecule has 7 heteroatoms. The fourth-order valence-electron chi connectivity index (χ4n) is 2.41. The number of pyridine rings is 1. The number of rotatable bonds is 3. The summed E-state index contributed by atoms with van der Waals surface area (Å²) in [7, 11) is -1.67. The van der Waals surface area contributed by atoms with Gasteiger partial charge in [-0.1, -0.05) is 24.3 Å². The van der Waals surface area contributed by atoms with Gasteiger partial charge >= 0.3 is 7.12 Å². The first kappa shape index (κ1) is 14.8. The third-order valence-corrected chi connectivity index (χ3v) is 3.46. The second kappa shape index (κ2) is 5.97. The Morgan fingerprint density at radius 2 is 1.91 bits per heavy atom. The number of anilines is 1. The van der Waals surface area contributed by atoms with Crippen LogP contribution in [-0.4, -0.2) is 22.2 Å². The fourth-order valence-corrected chi connectivity index (χ4v) is 2.41. The smallest absolute Gasteiger partial charge is 0.463 e. The SMILES string of the molecule is N#Cc1c(-c2ccccc2B(O)O)cc(-c2ccco2)nc1N. The van der Waals surface area contributed by atoms with Crippen LogP contribution in [0, 0.1) is 11.3 Å². The van der Waals surface area contributed by atoms with Gasteiger partial charge in [-0.25, -0.2) is 4.98 Å². The van der Waals surface area contributed by atoms with Gasteiger partial charge in [0.1, 0.15) is 23.1 Å². The number of furan rings is 1. The van der Waals surface area contributed by atoms with E-state index in [0.717, 1.165) is 0 Å². The Morgan fingerprint density at radius 1 is 1.13 bits per heavy atom. The molecule has 0 aliphatic carbocycles. The van der Waals surface area contributed by atoms with Gasteiger partial charge in [-0.15, -0.1) is 0 Å². The summed E-state index contributed by atoms with van der Waals surface area (Å²) in [5, 5.41) is 28.5. The molecule has 0 atom stereocenters. The summed E-state index contributed by atoms with van der Waals surface area (Å²) >= 11 is 0. The van der Waals surface area contributed by atoms with Crippen molar-refractivity contribution in [2.45, 2.75) is 0 Å². The van der Waals surface area contributed by atoms with Crippen molar-refractivity contribution in [3.05, 3.63) is 54.3 Å². The average Bonchev–Trinajstić information content (AvgIpc) is 3.08. The highest BCUT2D eigenvalue weighted by molar-refractivity contribution is 6.60. The van der Waals surface area contributed by atoms with Gasteiger partial charge in [0.15, 0.2) is 5.76 Å². The zero-order valence-corrected chi connectivity index (χ0v) is 12.0. The molecule has 2 heterocycles. The van der Waals surface area contributed by atoms with Gasteiger partial charge in [0.2, 0.25) is 0 Å². The van der Waals surface area contributed by atoms with Crippen LogP contribution in [0.15, 0.2) is 53.1 Å². The molecule has 0 saturated heterocycles. The Morgan fingerprint density at radius 3 is 2.57 bits per heavy atom. The minimum atomic E-state index is -1.67. The van der Waals surface area contributed by atoms with Gasteiger partial charge < -0.3 is 20.2 Å². The molecule has 23 heavy (non-hydrogen) atoms. The number of aromatic nitrogens is 1. The number of nitriles is 1. The molecule has 0 spiro atoms. The fraction of sp³-hybridized carbons (Fsp3) is 0. The predicted molar refractivity (Wildman–Crippen MR) is 86.3 cm³/mol. The molecule has 0 radical (unpaired) electrons. The maximum absolute atomic E-state index is 9.56. The van der Waals surface area contributed by atoms with Crippen molar-refractivity contribution in [1.82, 2.24) is 4.98 Å². The van der Waals surface area contributed by atoms with E-state index in [4.69, 9.17) is 10.2 Å². The van der Waals surface area contributed by atoms with Crippen LogP contribution in [0.5, 0.6) is 0 Å². The molecule has 4 N–H and O–H groups in total. The molecule has 1 aromatic carbocycles. The highest BCUT2D eigenvalue weighted by Gasteiger charge is 2.21. The Hall–Kier alpha value is -3.08. The first-order valence-electron chi connectivity index (χ1n) is 6.81. The molecule has 0 bridgehead atoms. The van der Waals surface area contributed by atoms with Crippen molar-refractivity contribution in [2.75, 3.05) is 5.73 Å². The Balaban J connectivity index is 2.29. The van der Waals surface area contributed by atoms with Crippen molar-refractivity contribution in [3.63, 3.8) is 0 Å². The standard InChI is InChI=1S/C16H12BN3O3/c18-9-12-11(10-4-1-2-5-13(10)17(21)22)8-14(20-16(12)19)15-6-3-7-23-15/h1-8,21-22H,(H2,19,20). The molecule has 0 aliphatic heterocycles. The molecule has 0 amide bonds. The highest BCUT2D eigenvalue weighted by atomic mass is 16.4. The van der Waals surface area contributed by atoms with E-state index in [1.165, 1.54) is 6.26 Å². The lowest BCUT2D eigenvalue weighted by Gasteiger charge is -2.12. The number of hydrogen-bond acceptors (Lipinski definition) is 6. The van der Waals surface area contributed by atoms with Gasteiger partial charge in [-0.2, -0.15) is 5.26 Å². The van der Waals surface area contributed by atoms with Gasteiger partial charge in [0.25, 0.3) is 0 Å². The van der Waals surface area contributed by atoms with Gasteiger partial charge in [0.05, 0.1) is 6.26 Å². The van der Waals surface area contributed by atoms with E-state index >= 15 is 0 Å². The maximum atomic E-state index is 9.56. The van der Waals surface area contributed by atoms with E-state index in [9.17, 15) is 15.3 Å². The lowest BCUT2D eigenvalue weighted by atomic mass is 9.75. The van der Waals surface area contributed by atoms with Gasteiger partial charge in [-0.3, -0.25) is 0 Å². The third kappa shape index (κ3) is 2.69. The van der Waals surface area contributed by atoms with Crippen LogP contribution in [0.25, 0.3) is 22.6 Å². The van der Waals surface area contributed by atoms with Gasteiger partial charge in [-0.05, 0) is 29.2 Å². The quantitative estimate of drug-likeness (QED) is 0.625. The first-order valence-corrected chi connectivity index (χ1v) is 6.81. The summed E-state index contributed by atoms with van der Waals surface area (Å²) in [5.41, 5.74) is 7.78. The molecule has 0 saturated carbocycles. The van der Waals surface area contributed by atoms with Crippen LogP contribution in [0.4, 0.5) is 5.82 Å². The Kier molecular flexibility index (Phi) is 3.85. The first-order chi connectivity index (χ1) is 11.1. The van der Waals surface area contributed by atoms with Crippen LogP contribution < -0.4 is 11.2 Å². The molecule has 0 unspecified atom stereocenters. The summed E-state index contributed by atoms with van der Waals surface area (Å²) in [4.78, 5) is 4.18. The summed E-state index contributed by atoms with van der Waals surface area (Å²) in [6.07, 6.45) is 1.51. The zero-order valence-electron chi connectivity index (χ0n) is 12.0. The highest BCUT2D eigenvalue weighted by Crippen LogP contribution is 2.30. The minimum Gasteiger partial charge on any atom is -0.463 e. The summed E-state index contributed by atoms with van der Waals surface area (Å²) in [6.45, 7) is 0. The van der Waals surface area contributed by atoms with Crippen LogP contribution in [0.1, 0.15) is 5.56 Å². The van der Waals surface area contributed by atoms with E-state index in [-0.39, 0.29) is 16.8 Å². The van der Waals surface area contributed by atoms with E-state index in [0.29, 0.717) is 22.6 Å². The topological polar surface area (TPSA) is 116 Å². The van der Waals surface area contributed by atoms with Crippen molar-refractivity contribution in [1.29, 1.82) is 5.26 Å². The Bertz CT molecular complexity index is 886. The third-order valence-electron chi connectivity index (χ3n) is 3.46. The largest absolute Gasteiger partial charge is 0.489 e. The number of nitrogens with two attached hydrogens (primary N) is 1. The molecule has 3 aromatic rings. The molecular formula is C16H12BN3O3. The lowest BCUT2D eigenvalue weighted by Crippen LogP contribution is -2.31. The van der Waals surface area contributed by atoms with E-state index in [1.807, 2.05) is 6.07 Å². The minimum absolute atomic E-state index is 0.0543. The van der Waals surface area contributed by atoms with Crippen LogP contribution >= 0.6 is 0 Å². The monoisotopic (exact) mass is 305 g/mol. The van der Waals surface area contributed by atoms with Crippen LogP contribution in [0.2, 0.25) is 0 Å². The second-order valence-corrected chi connectivity index (χ2v) is 4.87. The molecular weight excluding hydrogens is 293 g/mol. The number of benzene rings is 1. The molecule has 0 aliphatic rings. The summed E-state index contributed by atoms with van der Waals surface area (Å²) in [6, 6.07) is 13.8.